The van der Waals surface area contributed by atoms with E-state index in [1.807, 2.05) is 6.92 Å². The first-order chi connectivity index (χ1) is 6.57. The third-order valence-electron chi connectivity index (χ3n) is 2.34. The Morgan fingerprint density at radius 2 is 2.36 bits per heavy atom. The van der Waals surface area contributed by atoms with E-state index >= 15 is 0 Å². The molecule has 1 unspecified atom stereocenters. The number of hydrogen-bond acceptors (Lipinski definition) is 5. The summed E-state index contributed by atoms with van der Waals surface area (Å²) in [5, 5.41) is 18.7. The Hall–Kier alpha value is -0.200. The van der Waals surface area contributed by atoms with E-state index in [1.165, 1.54) is 11.3 Å². The molecular weight excluding hydrogens is 266 g/mol. The van der Waals surface area contributed by atoms with E-state index in [-0.39, 0.29) is 0 Å². The van der Waals surface area contributed by atoms with Crippen LogP contribution in [0.5, 0.6) is 0 Å². The lowest BCUT2D eigenvalue weighted by molar-refractivity contribution is 0.0449. The smallest absolute Gasteiger partial charge is 0.209 e. The summed E-state index contributed by atoms with van der Waals surface area (Å²) in [5.41, 5.74) is -0.587. The van der Waals surface area contributed by atoms with Crippen LogP contribution in [-0.2, 0) is 0 Å². The SMILES string of the molecule is CC1(O)CCCN(c2nnc(Br)s2)C1. The molecule has 1 aromatic heterocycles. The highest BCUT2D eigenvalue weighted by molar-refractivity contribution is 9.11. The van der Waals surface area contributed by atoms with Crippen molar-refractivity contribution in [3.8, 4) is 0 Å². The van der Waals surface area contributed by atoms with Crippen molar-refractivity contribution < 1.29 is 5.11 Å². The summed E-state index contributed by atoms with van der Waals surface area (Å²) in [4.78, 5) is 2.09. The van der Waals surface area contributed by atoms with Crippen molar-refractivity contribution in [2.75, 3.05) is 18.0 Å². The Labute approximate surface area is 95.1 Å². The minimum absolute atomic E-state index is 0.587. The highest BCUT2D eigenvalue weighted by Gasteiger charge is 2.29. The van der Waals surface area contributed by atoms with Gasteiger partial charge in [-0.3, -0.25) is 0 Å². The maximum absolute atomic E-state index is 9.92. The number of hydrogen-bond donors (Lipinski definition) is 1. The zero-order chi connectivity index (χ0) is 10.2. The van der Waals surface area contributed by atoms with Gasteiger partial charge >= 0.3 is 0 Å². The van der Waals surface area contributed by atoms with Crippen molar-refractivity contribution in [1.29, 1.82) is 0 Å². The van der Waals surface area contributed by atoms with Gasteiger partial charge in [0.25, 0.3) is 0 Å². The van der Waals surface area contributed by atoms with Gasteiger partial charge in [-0.05, 0) is 35.7 Å². The fraction of sp³-hybridized carbons (Fsp3) is 0.750. The highest BCUT2D eigenvalue weighted by atomic mass is 79.9. The third kappa shape index (κ3) is 2.24. The lowest BCUT2D eigenvalue weighted by Crippen LogP contribution is -2.46. The number of aromatic nitrogens is 2. The summed E-state index contributed by atoms with van der Waals surface area (Å²) in [6.45, 7) is 3.47. The fourth-order valence-electron chi connectivity index (χ4n) is 1.71. The molecule has 2 heterocycles. The molecule has 1 N–H and O–H groups in total. The van der Waals surface area contributed by atoms with E-state index in [9.17, 15) is 5.11 Å². The molecule has 78 valence electrons. The number of aliphatic hydroxyl groups is 1. The van der Waals surface area contributed by atoms with Gasteiger partial charge in [0.15, 0.2) is 3.92 Å². The van der Waals surface area contributed by atoms with E-state index in [4.69, 9.17) is 0 Å². The summed E-state index contributed by atoms with van der Waals surface area (Å²) < 4.78 is 0.790. The molecule has 0 saturated carbocycles. The molecule has 6 heteroatoms. The Morgan fingerprint density at radius 1 is 1.57 bits per heavy atom. The van der Waals surface area contributed by atoms with Gasteiger partial charge in [-0.15, -0.1) is 10.2 Å². The molecule has 2 rings (SSSR count). The number of nitrogens with zero attached hydrogens (tertiary/aromatic N) is 3. The lowest BCUT2D eigenvalue weighted by atomic mass is 9.96. The second-order valence-corrected chi connectivity index (χ2v) is 6.09. The number of rotatable bonds is 1. The summed E-state index contributed by atoms with van der Waals surface area (Å²) >= 11 is 4.79. The molecule has 1 atom stereocenters. The lowest BCUT2D eigenvalue weighted by Gasteiger charge is -2.36. The van der Waals surface area contributed by atoms with Gasteiger partial charge < -0.3 is 10.0 Å². The van der Waals surface area contributed by atoms with Crippen LogP contribution in [0, 0.1) is 0 Å². The molecule has 1 aliphatic rings. The average Bonchev–Trinajstić information content (AvgIpc) is 2.50. The monoisotopic (exact) mass is 277 g/mol. The first-order valence-electron chi connectivity index (χ1n) is 4.53. The Morgan fingerprint density at radius 3 is 2.93 bits per heavy atom. The van der Waals surface area contributed by atoms with E-state index in [0.29, 0.717) is 6.54 Å². The first kappa shape index (κ1) is 10.3. The minimum Gasteiger partial charge on any atom is -0.388 e. The van der Waals surface area contributed by atoms with Gasteiger partial charge in [0, 0.05) is 13.1 Å². The van der Waals surface area contributed by atoms with Crippen LogP contribution in [0.25, 0.3) is 0 Å². The van der Waals surface area contributed by atoms with Crippen molar-refractivity contribution in [3.05, 3.63) is 3.92 Å². The summed E-state index contributed by atoms with van der Waals surface area (Å²) in [5.74, 6) is 0. The molecule has 0 bridgehead atoms. The van der Waals surface area contributed by atoms with Crippen molar-refractivity contribution in [3.63, 3.8) is 0 Å². The van der Waals surface area contributed by atoms with Gasteiger partial charge in [-0.1, -0.05) is 11.3 Å². The van der Waals surface area contributed by atoms with Crippen LogP contribution < -0.4 is 4.90 Å². The van der Waals surface area contributed by atoms with E-state index in [2.05, 4.69) is 31.0 Å². The van der Waals surface area contributed by atoms with Crippen LogP contribution in [-0.4, -0.2) is 34.0 Å². The van der Waals surface area contributed by atoms with Crippen molar-refractivity contribution in [2.24, 2.45) is 0 Å². The molecule has 1 aromatic rings. The zero-order valence-electron chi connectivity index (χ0n) is 7.90. The maximum Gasteiger partial charge on any atom is 0.209 e. The number of anilines is 1. The molecule has 1 fully saturated rings. The Kier molecular flexibility index (Phi) is 2.77. The highest BCUT2D eigenvalue weighted by Crippen LogP contribution is 2.29. The van der Waals surface area contributed by atoms with E-state index in [0.717, 1.165) is 28.4 Å². The topological polar surface area (TPSA) is 49.2 Å². The van der Waals surface area contributed by atoms with Gasteiger partial charge in [-0.2, -0.15) is 0 Å². The second-order valence-electron chi connectivity index (χ2n) is 3.86. The minimum atomic E-state index is -0.587. The standard InChI is InChI=1S/C8H12BrN3OS/c1-8(13)3-2-4-12(5-8)7-11-10-6(9)14-7/h13H,2-5H2,1H3. The van der Waals surface area contributed by atoms with Gasteiger partial charge in [0.05, 0.1) is 5.60 Å². The van der Waals surface area contributed by atoms with Crippen LogP contribution >= 0.6 is 27.3 Å². The summed E-state index contributed by atoms with van der Waals surface area (Å²) in [6.07, 6.45) is 1.87. The Balaban J connectivity index is 2.12. The van der Waals surface area contributed by atoms with Crippen molar-refractivity contribution >= 4 is 32.4 Å². The molecule has 4 nitrogen and oxygen atoms in total. The third-order valence-corrected chi connectivity index (χ3v) is 3.75. The van der Waals surface area contributed by atoms with Crippen LogP contribution in [0.1, 0.15) is 19.8 Å². The Bertz CT molecular complexity index is 328. The second kappa shape index (κ2) is 3.75. The maximum atomic E-state index is 9.92. The average molecular weight is 278 g/mol. The number of β-amino-alcohol motifs (C(OH)–C–C–N with tert-alkyl or cyclic N) is 1. The van der Waals surface area contributed by atoms with Gasteiger partial charge in [0.2, 0.25) is 5.13 Å². The molecule has 0 amide bonds. The molecule has 0 radical (unpaired) electrons. The van der Waals surface area contributed by atoms with Gasteiger partial charge in [-0.25, -0.2) is 0 Å². The molecule has 1 aliphatic heterocycles. The van der Waals surface area contributed by atoms with Crippen molar-refractivity contribution in [1.82, 2.24) is 10.2 Å². The molecule has 0 spiro atoms. The van der Waals surface area contributed by atoms with Crippen molar-refractivity contribution in [2.45, 2.75) is 25.4 Å². The van der Waals surface area contributed by atoms with Crippen LogP contribution in [0.2, 0.25) is 0 Å². The normalized spacial score (nSPS) is 28.1. The molecular formula is C8H12BrN3OS. The molecule has 1 saturated heterocycles. The molecule has 14 heavy (non-hydrogen) atoms. The number of halogens is 1. The van der Waals surface area contributed by atoms with E-state index in [1.54, 1.807) is 0 Å². The quantitative estimate of drug-likeness (QED) is 0.848. The molecule has 0 aliphatic carbocycles. The first-order valence-corrected chi connectivity index (χ1v) is 6.14. The fourth-order valence-corrected chi connectivity index (χ4v) is 2.82. The number of piperidine rings is 1. The van der Waals surface area contributed by atoms with Gasteiger partial charge in [0.1, 0.15) is 0 Å². The van der Waals surface area contributed by atoms with Crippen LogP contribution in [0.4, 0.5) is 5.13 Å². The molecule has 0 aromatic carbocycles. The van der Waals surface area contributed by atoms with E-state index < -0.39 is 5.60 Å². The predicted molar refractivity (Wildman–Crippen MR) is 59.7 cm³/mol. The predicted octanol–water partition coefficient (Wildman–Crippen LogP) is 1.65. The largest absolute Gasteiger partial charge is 0.388 e. The zero-order valence-corrected chi connectivity index (χ0v) is 10.3. The summed E-state index contributed by atoms with van der Waals surface area (Å²) in [6, 6.07) is 0. The van der Waals surface area contributed by atoms with Crippen LogP contribution in [0.15, 0.2) is 3.92 Å². The summed E-state index contributed by atoms with van der Waals surface area (Å²) in [7, 11) is 0. The van der Waals surface area contributed by atoms with Crippen LogP contribution in [0.3, 0.4) is 0 Å².